The lowest BCUT2D eigenvalue weighted by Gasteiger charge is -2.51. The van der Waals surface area contributed by atoms with Gasteiger partial charge in [-0.25, -0.2) is 0 Å². The third kappa shape index (κ3) is 3.69. The fraction of sp³-hybridized carbons (Fsp3) is 1.00. The summed E-state index contributed by atoms with van der Waals surface area (Å²) < 4.78 is 5.62. The van der Waals surface area contributed by atoms with Crippen LogP contribution in [0.2, 0.25) is 0 Å². The number of rotatable bonds is 6. The highest BCUT2D eigenvalue weighted by atomic mass is 16.5. The fourth-order valence-corrected chi connectivity index (χ4v) is 3.13. The highest BCUT2D eigenvalue weighted by Gasteiger charge is 2.42. The minimum Gasteiger partial charge on any atom is -0.381 e. The molecule has 3 nitrogen and oxygen atoms in total. The molecule has 1 aliphatic rings. The molecule has 1 saturated heterocycles. The number of nitrogens with zero attached hydrogens (tertiary/aromatic N) is 1. The Bertz CT molecular complexity index is 233. The molecule has 1 aliphatic heterocycles. The first-order chi connectivity index (χ1) is 8.42. The molecular formula is C15H32N2O. The van der Waals surface area contributed by atoms with Gasteiger partial charge in [-0.3, -0.25) is 4.90 Å². The summed E-state index contributed by atoms with van der Waals surface area (Å²) >= 11 is 0. The van der Waals surface area contributed by atoms with Crippen molar-refractivity contribution >= 4 is 0 Å². The van der Waals surface area contributed by atoms with Crippen LogP contribution in [-0.4, -0.2) is 43.3 Å². The second kappa shape index (κ2) is 6.88. The SMILES string of the molecule is CC(C)CN(CC(C)C)C1(CN)CCOCC1C. The smallest absolute Gasteiger partial charge is 0.0509 e. The van der Waals surface area contributed by atoms with Crippen LogP contribution < -0.4 is 5.73 Å². The van der Waals surface area contributed by atoms with E-state index in [1.54, 1.807) is 0 Å². The summed E-state index contributed by atoms with van der Waals surface area (Å²) in [5, 5.41) is 0. The van der Waals surface area contributed by atoms with Gasteiger partial charge in [0.05, 0.1) is 6.61 Å². The van der Waals surface area contributed by atoms with Gasteiger partial charge in [-0.15, -0.1) is 0 Å². The molecule has 0 spiro atoms. The van der Waals surface area contributed by atoms with Crippen molar-refractivity contribution in [2.24, 2.45) is 23.5 Å². The van der Waals surface area contributed by atoms with Gasteiger partial charge in [0.2, 0.25) is 0 Å². The molecule has 108 valence electrons. The largest absolute Gasteiger partial charge is 0.381 e. The van der Waals surface area contributed by atoms with Crippen LogP contribution in [0.3, 0.4) is 0 Å². The van der Waals surface area contributed by atoms with E-state index < -0.39 is 0 Å². The first-order valence-electron chi connectivity index (χ1n) is 7.45. The number of hydrogen-bond donors (Lipinski definition) is 1. The Balaban J connectivity index is 2.89. The van der Waals surface area contributed by atoms with Crippen molar-refractivity contribution in [1.82, 2.24) is 4.90 Å². The zero-order valence-electron chi connectivity index (χ0n) is 12.9. The summed E-state index contributed by atoms with van der Waals surface area (Å²) in [7, 11) is 0. The Hall–Kier alpha value is -0.120. The molecule has 0 bridgehead atoms. The second-order valence-electron chi connectivity index (χ2n) is 6.73. The number of ether oxygens (including phenoxy) is 1. The highest BCUT2D eigenvalue weighted by Crippen LogP contribution is 2.33. The topological polar surface area (TPSA) is 38.5 Å². The van der Waals surface area contributed by atoms with Crippen molar-refractivity contribution in [2.45, 2.75) is 46.6 Å². The predicted octanol–water partition coefficient (Wildman–Crippen LogP) is 2.35. The van der Waals surface area contributed by atoms with Crippen LogP contribution in [0, 0.1) is 17.8 Å². The summed E-state index contributed by atoms with van der Waals surface area (Å²) in [6, 6.07) is 0. The normalized spacial score (nSPS) is 29.5. The van der Waals surface area contributed by atoms with Crippen molar-refractivity contribution in [3.05, 3.63) is 0 Å². The van der Waals surface area contributed by atoms with E-state index in [9.17, 15) is 0 Å². The van der Waals surface area contributed by atoms with E-state index in [0.717, 1.165) is 39.3 Å². The molecule has 18 heavy (non-hydrogen) atoms. The van der Waals surface area contributed by atoms with Crippen LogP contribution in [0.15, 0.2) is 0 Å². The van der Waals surface area contributed by atoms with Gasteiger partial charge < -0.3 is 10.5 Å². The summed E-state index contributed by atoms with van der Waals surface area (Å²) in [6.07, 6.45) is 1.07. The minimum absolute atomic E-state index is 0.146. The maximum Gasteiger partial charge on any atom is 0.0509 e. The monoisotopic (exact) mass is 256 g/mol. The molecule has 1 fully saturated rings. The Morgan fingerprint density at radius 1 is 1.22 bits per heavy atom. The summed E-state index contributed by atoms with van der Waals surface area (Å²) in [6.45, 7) is 16.2. The average molecular weight is 256 g/mol. The zero-order chi connectivity index (χ0) is 13.8. The van der Waals surface area contributed by atoms with Gasteiger partial charge >= 0.3 is 0 Å². The highest BCUT2D eigenvalue weighted by molar-refractivity contribution is 4.98. The van der Waals surface area contributed by atoms with E-state index in [4.69, 9.17) is 10.5 Å². The van der Waals surface area contributed by atoms with Crippen LogP contribution in [0.25, 0.3) is 0 Å². The van der Waals surface area contributed by atoms with E-state index in [1.165, 1.54) is 0 Å². The maximum atomic E-state index is 6.18. The molecule has 1 rings (SSSR count). The molecule has 0 aromatic carbocycles. The fourth-order valence-electron chi connectivity index (χ4n) is 3.13. The molecule has 0 aromatic rings. The first kappa shape index (κ1) is 15.9. The Labute approximate surface area is 113 Å². The third-order valence-corrected chi connectivity index (χ3v) is 4.12. The van der Waals surface area contributed by atoms with Gasteiger partial charge in [0.15, 0.2) is 0 Å². The van der Waals surface area contributed by atoms with Crippen LogP contribution in [0.1, 0.15) is 41.0 Å². The number of hydrogen-bond acceptors (Lipinski definition) is 3. The Kier molecular flexibility index (Phi) is 6.09. The Morgan fingerprint density at radius 2 is 1.78 bits per heavy atom. The molecule has 0 amide bonds. The molecule has 0 saturated carbocycles. The molecule has 2 unspecified atom stereocenters. The van der Waals surface area contributed by atoms with Crippen LogP contribution in [0.4, 0.5) is 0 Å². The van der Waals surface area contributed by atoms with E-state index in [0.29, 0.717) is 17.8 Å². The molecule has 0 radical (unpaired) electrons. The van der Waals surface area contributed by atoms with Crippen LogP contribution in [-0.2, 0) is 4.74 Å². The van der Waals surface area contributed by atoms with Gasteiger partial charge in [-0.1, -0.05) is 34.6 Å². The zero-order valence-corrected chi connectivity index (χ0v) is 12.9. The molecule has 1 heterocycles. The minimum atomic E-state index is 0.146. The molecule has 0 aliphatic carbocycles. The molecule has 2 atom stereocenters. The van der Waals surface area contributed by atoms with Gasteiger partial charge in [0.1, 0.15) is 0 Å². The quantitative estimate of drug-likeness (QED) is 0.793. The second-order valence-corrected chi connectivity index (χ2v) is 6.73. The first-order valence-corrected chi connectivity index (χ1v) is 7.45. The predicted molar refractivity (Wildman–Crippen MR) is 77.6 cm³/mol. The molecule has 2 N–H and O–H groups in total. The summed E-state index contributed by atoms with van der Waals surface area (Å²) in [4.78, 5) is 2.65. The van der Waals surface area contributed by atoms with Gasteiger partial charge in [-0.2, -0.15) is 0 Å². The van der Waals surface area contributed by atoms with Crippen LogP contribution >= 0.6 is 0 Å². The summed E-state index contributed by atoms with van der Waals surface area (Å²) in [5.41, 5.74) is 6.33. The third-order valence-electron chi connectivity index (χ3n) is 4.12. The lowest BCUT2D eigenvalue weighted by molar-refractivity contribution is -0.0733. The Morgan fingerprint density at radius 3 is 2.17 bits per heavy atom. The van der Waals surface area contributed by atoms with Crippen molar-refractivity contribution in [2.75, 3.05) is 32.8 Å². The summed E-state index contributed by atoms with van der Waals surface area (Å²) in [5.74, 6) is 1.89. The molecular weight excluding hydrogens is 224 g/mol. The van der Waals surface area contributed by atoms with E-state index in [1.807, 2.05) is 0 Å². The maximum absolute atomic E-state index is 6.18. The van der Waals surface area contributed by atoms with Crippen molar-refractivity contribution in [1.29, 1.82) is 0 Å². The van der Waals surface area contributed by atoms with Crippen LogP contribution in [0.5, 0.6) is 0 Å². The van der Waals surface area contributed by atoms with E-state index in [-0.39, 0.29) is 5.54 Å². The van der Waals surface area contributed by atoms with E-state index >= 15 is 0 Å². The lowest BCUT2D eigenvalue weighted by Crippen LogP contribution is -2.62. The standard InChI is InChI=1S/C15H32N2O/c1-12(2)8-17(9-13(3)4)15(11-16)6-7-18-10-14(15)5/h12-14H,6-11,16H2,1-5H3. The lowest BCUT2D eigenvalue weighted by atomic mass is 9.78. The van der Waals surface area contributed by atoms with E-state index in [2.05, 4.69) is 39.5 Å². The van der Waals surface area contributed by atoms with Crippen molar-refractivity contribution in [3.8, 4) is 0 Å². The van der Waals surface area contributed by atoms with Crippen molar-refractivity contribution < 1.29 is 4.74 Å². The average Bonchev–Trinajstić information content (AvgIpc) is 2.28. The molecule has 0 aromatic heterocycles. The van der Waals surface area contributed by atoms with Gasteiger partial charge in [0.25, 0.3) is 0 Å². The van der Waals surface area contributed by atoms with Crippen molar-refractivity contribution in [3.63, 3.8) is 0 Å². The van der Waals surface area contributed by atoms with Gasteiger partial charge in [-0.05, 0) is 24.2 Å². The van der Waals surface area contributed by atoms with Gasteiger partial charge in [0, 0.05) is 31.8 Å². The number of nitrogens with two attached hydrogens (primary N) is 1. The molecule has 3 heteroatoms.